The maximum absolute atomic E-state index is 10.6. The molecule has 1 heterocycles. The number of nitro groups is 1. The van der Waals surface area contributed by atoms with Gasteiger partial charge in [0.2, 0.25) is 0 Å². The lowest BCUT2D eigenvalue weighted by Crippen LogP contribution is -1.87. The van der Waals surface area contributed by atoms with Crippen LogP contribution in [0.5, 0.6) is 0 Å². The third-order valence-electron chi connectivity index (χ3n) is 3.08. The van der Waals surface area contributed by atoms with Crippen molar-refractivity contribution in [2.75, 3.05) is 0 Å². The van der Waals surface area contributed by atoms with Gasteiger partial charge in [0, 0.05) is 35.5 Å². The number of fused-ring (bicyclic) bond motifs is 1. The number of pyridine rings is 1. The van der Waals surface area contributed by atoms with E-state index in [4.69, 9.17) is 0 Å². The van der Waals surface area contributed by atoms with Gasteiger partial charge in [0.25, 0.3) is 5.69 Å². The van der Waals surface area contributed by atoms with Crippen molar-refractivity contribution in [2.45, 2.75) is 0 Å². The molecule has 5 heteroatoms. The molecule has 0 unspecified atom stereocenters. The molecular formula is C16H11N3O2. The van der Waals surface area contributed by atoms with Crippen molar-refractivity contribution in [3.8, 4) is 0 Å². The minimum atomic E-state index is -0.428. The topological polar surface area (TPSA) is 68.4 Å². The first-order valence-corrected chi connectivity index (χ1v) is 6.36. The van der Waals surface area contributed by atoms with Crippen molar-refractivity contribution < 1.29 is 4.92 Å². The molecule has 3 rings (SSSR count). The number of hydrogen-bond acceptors (Lipinski definition) is 4. The van der Waals surface area contributed by atoms with Crippen LogP contribution >= 0.6 is 0 Å². The van der Waals surface area contributed by atoms with Crippen molar-refractivity contribution >= 4 is 28.5 Å². The average molecular weight is 277 g/mol. The Bertz CT molecular complexity index is 821. The van der Waals surface area contributed by atoms with Crippen molar-refractivity contribution in [3.63, 3.8) is 0 Å². The van der Waals surface area contributed by atoms with E-state index in [1.165, 1.54) is 12.1 Å². The van der Waals surface area contributed by atoms with E-state index >= 15 is 0 Å². The standard InChI is InChI=1S/C16H11N3O2/c20-19(21)15-8-6-14(7-9-15)18-11-13-4-1-3-12-5-2-10-17-16(12)13/h1-11H. The highest BCUT2D eigenvalue weighted by atomic mass is 16.6. The van der Waals surface area contributed by atoms with E-state index in [1.807, 2.05) is 30.3 Å². The molecule has 1 aromatic heterocycles. The lowest BCUT2D eigenvalue weighted by Gasteiger charge is -2.00. The van der Waals surface area contributed by atoms with Gasteiger partial charge in [-0.25, -0.2) is 0 Å². The maximum atomic E-state index is 10.6. The number of aromatic nitrogens is 1. The van der Waals surface area contributed by atoms with Gasteiger partial charge in [0.1, 0.15) is 0 Å². The van der Waals surface area contributed by atoms with Gasteiger partial charge in [-0.3, -0.25) is 20.1 Å². The Balaban J connectivity index is 1.92. The van der Waals surface area contributed by atoms with Crippen LogP contribution in [0, 0.1) is 10.1 Å². The Morgan fingerprint density at radius 2 is 1.81 bits per heavy atom. The molecule has 0 aliphatic carbocycles. The fourth-order valence-electron chi connectivity index (χ4n) is 2.04. The molecule has 102 valence electrons. The summed E-state index contributed by atoms with van der Waals surface area (Å²) in [5, 5.41) is 11.6. The molecule has 5 nitrogen and oxygen atoms in total. The molecule has 0 saturated heterocycles. The molecule has 0 bridgehead atoms. The highest BCUT2D eigenvalue weighted by Gasteiger charge is 2.03. The third kappa shape index (κ3) is 2.76. The Kier molecular flexibility index (Phi) is 3.39. The Labute approximate surface area is 120 Å². The maximum Gasteiger partial charge on any atom is 0.269 e. The zero-order chi connectivity index (χ0) is 14.7. The van der Waals surface area contributed by atoms with Crippen LogP contribution in [-0.2, 0) is 0 Å². The smallest absolute Gasteiger partial charge is 0.258 e. The van der Waals surface area contributed by atoms with Crippen LogP contribution in [0.2, 0.25) is 0 Å². The van der Waals surface area contributed by atoms with E-state index in [2.05, 4.69) is 9.98 Å². The zero-order valence-electron chi connectivity index (χ0n) is 11.0. The van der Waals surface area contributed by atoms with Crippen molar-refractivity contribution in [1.82, 2.24) is 4.98 Å². The van der Waals surface area contributed by atoms with Crippen molar-refractivity contribution in [2.24, 2.45) is 4.99 Å². The van der Waals surface area contributed by atoms with Crippen LogP contribution < -0.4 is 0 Å². The average Bonchev–Trinajstić information content (AvgIpc) is 2.53. The highest BCUT2D eigenvalue weighted by molar-refractivity contribution is 5.98. The SMILES string of the molecule is O=[N+]([O-])c1ccc(N=Cc2cccc3cccnc23)cc1. The normalized spacial score (nSPS) is 11.0. The summed E-state index contributed by atoms with van der Waals surface area (Å²) < 4.78 is 0. The van der Waals surface area contributed by atoms with Crippen LogP contribution in [-0.4, -0.2) is 16.1 Å². The molecule has 0 N–H and O–H groups in total. The second kappa shape index (κ2) is 5.50. The van der Waals surface area contributed by atoms with Crippen LogP contribution in [0.4, 0.5) is 11.4 Å². The first-order chi connectivity index (χ1) is 10.2. The second-order valence-corrected chi connectivity index (χ2v) is 4.45. The van der Waals surface area contributed by atoms with Gasteiger partial charge in [-0.05, 0) is 18.2 Å². The van der Waals surface area contributed by atoms with Gasteiger partial charge in [0.15, 0.2) is 0 Å². The van der Waals surface area contributed by atoms with E-state index in [9.17, 15) is 10.1 Å². The molecule has 0 radical (unpaired) electrons. The van der Waals surface area contributed by atoms with E-state index in [0.29, 0.717) is 5.69 Å². The molecule has 3 aromatic rings. The molecule has 0 saturated carbocycles. The third-order valence-corrected chi connectivity index (χ3v) is 3.08. The fourth-order valence-corrected chi connectivity index (χ4v) is 2.04. The summed E-state index contributed by atoms with van der Waals surface area (Å²) in [6.45, 7) is 0. The fraction of sp³-hybridized carbons (Fsp3) is 0. The van der Waals surface area contributed by atoms with Gasteiger partial charge in [-0.1, -0.05) is 24.3 Å². The second-order valence-electron chi connectivity index (χ2n) is 4.45. The van der Waals surface area contributed by atoms with Crippen molar-refractivity contribution in [3.05, 3.63) is 76.5 Å². The van der Waals surface area contributed by atoms with Crippen LogP contribution in [0.3, 0.4) is 0 Å². The molecule has 2 aromatic carbocycles. The summed E-state index contributed by atoms with van der Waals surface area (Å²) >= 11 is 0. The molecule has 0 amide bonds. The van der Waals surface area contributed by atoms with Gasteiger partial charge in [0.05, 0.1) is 16.1 Å². The minimum Gasteiger partial charge on any atom is -0.258 e. The molecule has 21 heavy (non-hydrogen) atoms. The molecular weight excluding hydrogens is 266 g/mol. The number of non-ortho nitro benzene ring substituents is 1. The lowest BCUT2D eigenvalue weighted by atomic mass is 10.1. The number of aliphatic imine (C=N–C) groups is 1. The summed E-state index contributed by atoms with van der Waals surface area (Å²) in [6, 6.07) is 15.9. The number of hydrogen-bond donors (Lipinski definition) is 0. The monoisotopic (exact) mass is 277 g/mol. The first-order valence-electron chi connectivity index (χ1n) is 6.36. The molecule has 0 aliphatic rings. The van der Waals surface area contributed by atoms with E-state index in [-0.39, 0.29) is 5.69 Å². The lowest BCUT2D eigenvalue weighted by molar-refractivity contribution is -0.384. The number of nitrogens with zero attached hydrogens (tertiary/aromatic N) is 3. The Morgan fingerprint density at radius 3 is 2.57 bits per heavy atom. The molecule has 0 fully saturated rings. The predicted molar refractivity (Wildman–Crippen MR) is 82.1 cm³/mol. The van der Waals surface area contributed by atoms with Crippen molar-refractivity contribution in [1.29, 1.82) is 0 Å². The van der Waals surface area contributed by atoms with Crippen LogP contribution in [0.25, 0.3) is 10.9 Å². The van der Waals surface area contributed by atoms with Crippen LogP contribution in [0.15, 0.2) is 65.8 Å². The van der Waals surface area contributed by atoms with Gasteiger partial charge in [-0.2, -0.15) is 0 Å². The number of rotatable bonds is 3. The number of para-hydroxylation sites is 1. The molecule has 0 atom stereocenters. The van der Waals surface area contributed by atoms with Gasteiger partial charge < -0.3 is 0 Å². The quantitative estimate of drug-likeness (QED) is 0.414. The Morgan fingerprint density at radius 1 is 1.05 bits per heavy atom. The summed E-state index contributed by atoms with van der Waals surface area (Å²) in [6.07, 6.45) is 3.46. The highest BCUT2D eigenvalue weighted by Crippen LogP contribution is 2.19. The first kappa shape index (κ1) is 12.9. The number of nitro benzene ring substituents is 1. The van der Waals surface area contributed by atoms with Crippen LogP contribution in [0.1, 0.15) is 5.56 Å². The zero-order valence-corrected chi connectivity index (χ0v) is 11.0. The summed E-state index contributed by atoms with van der Waals surface area (Å²) in [5.41, 5.74) is 2.51. The Hall–Kier alpha value is -3.08. The van der Waals surface area contributed by atoms with E-state index in [0.717, 1.165) is 16.5 Å². The largest absolute Gasteiger partial charge is 0.269 e. The minimum absolute atomic E-state index is 0.0563. The summed E-state index contributed by atoms with van der Waals surface area (Å²) in [7, 11) is 0. The number of benzene rings is 2. The molecule has 0 spiro atoms. The predicted octanol–water partition coefficient (Wildman–Crippen LogP) is 3.89. The summed E-state index contributed by atoms with van der Waals surface area (Å²) in [5.74, 6) is 0. The van der Waals surface area contributed by atoms with E-state index in [1.54, 1.807) is 24.5 Å². The van der Waals surface area contributed by atoms with E-state index < -0.39 is 4.92 Å². The van der Waals surface area contributed by atoms with Gasteiger partial charge in [-0.15, -0.1) is 0 Å². The van der Waals surface area contributed by atoms with Gasteiger partial charge >= 0.3 is 0 Å². The summed E-state index contributed by atoms with van der Waals surface area (Å²) in [4.78, 5) is 18.9. The molecule has 0 aliphatic heterocycles.